The number of nitrogens with one attached hydrogen (secondary N) is 1. The van der Waals surface area contributed by atoms with Crippen molar-refractivity contribution in [1.82, 2.24) is 15.1 Å². The molecule has 0 unspecified atom stereocenters. The highest BCUT2D eigenvalue weighted by molar-refractivity contribution is 14.0. The second kappa shape index (κ2) is 13.2. The van der Waals surface area contributed by atoms with Gasteiger partial charge < -0.3 is 15.1 Å². The van der Waals surface area contributed by atoms with Crippen LogP contribution in [0.4, 0.5) is 0 Å². The van der Waals surface area contributed by atoms with Gasteiger partial charge in [0.05, 0.1) is 6.54 Å². The fraction of sp³-hybridized carbons (Fsp3) is 0.714. The fourth-order valence-electron chi connectivity index (χ4n) is 1.53. The summed E-state index contributed by atoms with van der Waals surface area (Å²) in [5, 5.41) is 3.24. The zero-order valence-corrected chi connectivity index (χ0v) is 15.5. The topological polar surface area (TPSA) is 47.9 Å². The molecule has 0 aromatic carbocycles. The van der Waals surface area contributed by atoms with Crippen LogP contribution in [0.1, 0.15) is 26.2 Å². The van der Waals surface area contributed by atoms with Crippen molar-refractivity contribution in [2.45, 2.75) is 26.2 Å². The van der Waals surface area contributed by atoms with Gasteiger partial charge in [-0.15, -0.1) is 30.6 Å². The molecule has 0 spiro atoms. The molecule has 0 aliphatic carbocycles. The summed E-state index contributed by atoms with van der Waals surface area (Å²) in [6.07, 6.45) is 4.43. The molecule has 0 saturated carbocycles. The van der Waals surface area contributed by atoms with E-state index < -0.39 is 0 Å². The van der Waals surface area contributed by atoms with Gasteiger partial charge in [-0.2, -0.15) is 0 Å². The molecule has 20 heavy (non-hydrogen) atoms. The Morgan fingerprint density at radius 3 is 2.50 bits per heavy atom. The molecule has 0 atom stereocenters. The zero-order valence-electron chi connectivity index (χ0n) is 13.2. The lowest BCUT2D eigenvalue weighted by Crippen LogP contribution is -2.39. The number of rotatable bonds is 8. The van der Waals surface area contributed by atoms with Crippen LogP contribution in [0.3, 0.4) is 0 Å². The summed E-state index contributed by atoms with van der Waals surface area (Å²) in [6, 6.07) is 0. The van der Waals surface area contributed by atoms with Crippen LogP contribution in [-0.2, 0) is 4.79 Å². The molecule has 5 nitrogen and oxygen atoms in total. The number of guanidine groups is 1. The van der Waals surface area contributed by atoms with Gasteiger partial charge in [0.2, 0.25) is 5.91 Å². The van der Waals surface area contributed by atoms with E-state index in [1.807, 2.05) is 20.0 Å². The van der Waals surface area contributed by atoms with E-state index in [2.05, 4.69) is 21.8 Å². The summed E-state index contributed by atoms with van der Waals surface area (Å²) in [5.41, 5.74) is 0. The zero-order chi connectivity index (χ0) is 14.7. The maximum Gasteiger partial charge on any atom is 0.223 e. The Morgan fingerprint density at radius 1 is 1.35 bits per heavy atom. The van der Waals surface area contributed by atoms with Crippen LogP contribution in [0.15, 0.2) is 17.6 Å². The number of aliphatic imine (C=N–C) groups is 1. The number of carbonyl (C=O) groups is 1. The minimum atomic E-state index is 0. The molecule has 0 fully saturated rings. The first-order valence-electron chi connectivity index (χ1n) is 6.83. The third-order valence-corrected chi connectivity index (χ3v) is 2.68. The van der Waals surface area contributed by atoms with Crippen molar-refractivity contribution in [2.24, 2.45) is 4.99 Å². The predicted octanol–water partition coefficient (Wildman–Crippen LogP) is 1.95. The molecule has 1 N–H and O–H groups in total. The highest BCUT2D eigenvalue weighted by atomic mass is 127. The number of hydrogen-bond donors (Lipinski definition) is 1. The van der Waals surface area contributed by atoms with E-state index in [9.17, 15) is 4.79 Å². The van der Waals surface area contributed by atoms with E-state index in [4.69, 9.17) is 0 Å². The van der Waals surface area contributed by atoms with Gasteiger partial charge in [-0.3, -0.25) is 9.79 Å². The number of allylic oxidation sites excluding steroid dienone is 1. The van der Waals surface area contributed by atoms with Crippen LogP contribution >= 0.6 is 24.0 Å². The van der Waals surface area contributed by atoms with Crippen LogP contribution in [0.2, 0.25) is 0 Å². The first-order chi connectivity index (χ1) is 9.02. The highest BCUT2D eigenvalue weighted by Gasteiger charge is 2.06. The average Bonchev–Trinajstić information content (AvgIpc) is 2.37. The molecule has 0 aliphatic rings. The SMILES string of the molecule is C=CCCCN(C)C(=NCCC(=O)N(C)C)NCC.I. The number of nitrogens with zero attached hydrogens (tertiary/aromatic N) is 3. The van der Waals surface area contributed by atoms with E-state index in [-0.39, 0.29) is 29.9 Å². The molecule has 0 bridgehead atoms. The normalized spacial score (nSPS) is 10.5. The smallest absolute Gasteiger partial charge is 0.223 e. The fourth-order valence-corrected chi connectivity index (χ4v) is 1.53. The van der Waals surface area contributed by atoms with E-state index >= 15 is 0 Å². The molecule has 1 amide bonds. The second-order valence-corrected chi connectivity index (χ2v) is 4.63. The van der Waals surface area contributed by atoms with Crippen molar-refractivity contribution >= 4 is 35.8 Å². The van der Waals surface area contributed by atoms with E-state index in [0.29, 0.717) is 13.0 Å². The van der Waals surface area contributed by atoms with E-state index in [0.717, 1.165) is 31.9 Å². The van der Waals surface area contributed by atoms with Crippen molar-refractivity contribution < 1.29 is 4.79 Å². The van der Waals surface area contributed by atoms with Gasteiger partial charge in [0.1, 0.15) is 0 Å². The largest absolute Gasteiger partial charge is 0.357 e. The highest BCUT2D eigenvalue weighted by Crippen LogP contribution is 1.96. The maximum atomic E-state index is 11.5. The minimum absolute atomic E-state index is 0. The predicted molar refractivity (Wildman–Crippen MR) is 96.8 cm³/mol. The molecule has 118 valence electrons. The molecule has 0 saturated heterocycles. The monoisotopic (exact) mass is 396 g/mol. The minimum Gasteiger partial charge on any atom is -0.357 e. The molecule has 0 aromatic heterocycles. The summed E-state index contributed by atoms with van der Waals surface area (Å²) in [6.45, 7) is 8.03. The van der Waals surface area contributed by atoms with Crippen molar-refractivity contribution in [1.29, 1.82) is 0 Å². The molecule has 0 radical (unpaired) electrons. The molecular formula is C14H29IN4O. The van der Waals surface area contributed by atoms with Crippen LogP contribution in [-0.4, -0.2) is 62.4 Å². The summed E-state index contributed by atoms with van der Waals surface area (Å²) >= 11 is 0. The Balaban J connectivity index is 0. The number of amides is 1. The Labute approximate surface area is 140 Å². The third-order valence-electron chi connectivity index (χ3n) is 2.68. The summed E-state index contributed by atoms with van der Waals surface area (Å²) < 4.78 is 0. The van der Waals surface area contributed by atoms with Crippen LogP contribution in [0, 0.1) is 0 Å². The first kappa shape index (κ1) is 21.5. The van der Waals surface area contributed by atoms with Crippen molar-refractivity contribution in [3.63, 3.8) is 0 Å². The number of hydrogen-bond acceptors (Lipinski definition) is 2. The molecular weight excluding hydrogens is 367 g/mol. The van der Waals surface area contributed by atoms with Crippen LogP contribution in [0.5, 0.6) is 0 Å². The molecule has 6 heteroatoms. The first-order valence-corrected chi connectivity index (χ1v) is 6.83. The van der Waals surface area contributed by atoms with E-state index in [1.165, 1.54) is 0 Å². The maximum absolute atomic E-state index is 11.5. The van der Waals surface area contributed by atoms with Crippen molar-refractivity contribution in [2.75, 3.05) is 40.8 Å². The van der Waals surface area contributed by atoms with Crippen molar-refractivity contribution in [3.05, 3.63) is 12.7 Å². The lowest BCUT2D eigenvalue weighted by molar-refractivity contribution is -0.128. The molecule has 0 aromatic rings. The van der Waals surface area contributed by atoms with Gasteiger partial charge in [-0.25, -0.2) is 0 Å². The van der Waals surface area contributed by atoms with Crippen LogP contribution in [0.25, 0.3) is 0 Å². The second-order valence-electron chi connectivity index (χ2n) is 4.63. The molecule has 0 aliphatic heterocycles. The van der Waals surface area contributed by atoms with Gasteiger partial charge in [0.25, 0.3) is 0 Å². The Kier molecular flexibility index (Phi) is 14.2. The summed E-state index contributed by atoms with van der Waals surface area (Å²) in [7, 11) is 5.54. The quantitative estimate of drug-likeness (QED) is 0.224. The molecule has 0 rings (SSSR count). The van der Waals surface area contributed by atoms with Gasteiger partial charge >= 0.3 is 0 Å². The number of carbonyl (C=O) groups excluding carboxylic acids is 1. The standard InChI is InChI=1S/C14H28N4O.HI/c1-6-8-9-12-18(5)14(15-7-2)16-11-10-13(19)17(3)4;/h6H,1,7-12H2,2-5H3,(H,15,16);1H. The Bertz CT molecular complexity index is 306. The van der Waals surface area contributed by atoms with E-state index in [1.54, 1.807) is 19.0 Å². The molecule has 0 heterocycles. The lowest BCUT2D eigenvalue weighted by atomic mass is 10.3. The van der Waals surface area contributed by atoms with Gasteiger partial charge in [0.15, 0.2) is 5.96 Å². The summed E-state index contributed by atoms with van der Waals surface area (Å²) in [5.74, 6) is 0.965. The number of halogens is 1. The van der Waals surface area contributed by atoms with Gasteiger partial charge in [-0.1, -0.05) is 6.08 Å². The number of unbranched alkanes of at least 4 members (excludes halogenated alkanes) is 1. The Morgan fingerprint density at radius 2 is 2.00 bits per heavy atom. The Hall–Kier alpha value is -0.790. The van der Waals surface area contributed by atoms with Crippen molar-refractivity contribution in [3.8, 4) is 0 Å². The van der Waals surface area contributed by atoms with Crippen LogP contribution < -0.4 is 5.32 Å². The lowest BCUT2D eigenvalue weighted by Gasteiger charge is -2.21. The summed E-state index contributed by atoms with van der Waals surface area (Å²) in [4.78, 5) is 19.6. The van der Waals surface area contributed by atoms with Gasteiger partial charge in [0, 0.05) is 40.7 Å². The van der Waals surface area contributed by atoms with Gasteiger partial charge in [-0.05, 0) is 19.8 Å². The average molecular weight is 396 g/mol. The third kappa shape index (κ3) is 10.1.